The minimum Gasteiger partial charge on any atom is -0.386 e. The van der Waals surface area contributed by atoms with Crippen LogP contribution in [0, 0.1) is 0 Å². The van der Waals surface area contributed by atoms with E-state index in [1.165, 1.54) is 11.3 Å². The first-order valence-electron chi connectivity index (χ1n) is 4.51. The highest BCUT2D eigenvalue weighted by molar-refractivity contribution is 7.12. The van der Waals surface area contributed by atoms with E-state index in [1.807, 2.05) is 38.3 Å². The van der Waals surface area contributed by atoms with Gasteiger partial charge in [-0.15, -0.1) is 11.3 Å². The molecular formula is C11H15NOS. The molecule has 3 heteroatoms. The third-order valence-electron chi connectivity index (χ3n) is 1.52. The molecule has 76 valence electrons. The summed E-state index contributed by atoms with van der Waals surface area (Å²) in [5.41, 5.74) is 0.00618. The van der Waals surface area contributed by atoms with E-state index in [1.54, 1.807) is 12.3 Å². The number of hydrogen-bond acceptors (Lipinski definition) is 3. The van der Waals surface area contributed by atoms with Crippen molar-refractivity contribution in [3.63, 3.8) is 0 Å². The summed E-state index contributed by atoms with van der Waals surface area (Å²) in [6, 6.07) is 3.71. The third-order valence-corrected chi connectivity index (χ3v) is 2.40. The Hall–Kier alpha value is -1.09. The van der Waals surface area contributed by atoms with Gasteiger partial charge in [-0.2, -0.15) is 0 Å². The van der Waals surface area contributed by atoms with Gasteiger partial charge in [-0.3, -0.25) is 4.79 Å². The first kappa shape index (κ1) is 11.0. The van der Waals surface area contributed by atoms with Gasteiger partial charge in [0, 0.05) is 17.8 Å². The lowest BCUT2D eigenvalue weighted by atomic mass is 10.1. The second-order valence-electron chi connectivity index (χ2n) is 4.07. The van der Waals surface area contributed by atoms with E-state index in [0.717, 1.165) is 4.88 Å². The molecule has 1 N–H and O–H groups in total. The van der Waals surface area contributed by atoms with E-state index >= 15 is 0 Å². The predicted molar refractivity (Wildman–Crippen MR) is 60.7 cm³/mol. The molecule has 0 saturated heterocycles. The Balaban J connectivity index is 2.50. The molecule has 0 spiro atoms. The molecule has 0 aliphatic heterocycles. The van der Waals surface area contributed by atoms with Gasteiger partial charge in [0.1, 0.15) is 0 Å². The summed E-state index contributed by atoms with van der Waals surface area (Å²) in [5, 5.41) is 5.02. The maximum Gasteiger partial charge on any atom is 0.197 e. The van der Waals surface area contributed by atoms with Crippen LogP contribution in [0.2, 0.25) is 0 Å². The molecule has 0 bridgehead atoms. The van der Waals surface area contributed by atoms with Crippen LogP contribution in [0.4, 0.5) is 0 Å². The summed E-state index contributed by atoms with van der Waals surface area (Å²) >= 11 is 1.46. The predicted octanol–water partition coefficient (Wildman–Crippen LogP) is 2.83. The van der Waals surface area contributed by atoms with Crippen molar-refractivity contribution in [2.24, 2.45) is 0 Å². The lowest BCUT2D eigenvalue weighted by Crippen LogP contribution is -2.31. The van der Waals surface area contributed by atoms with Crippen LogP contribution in [0.3, 0.4) is 0 Å². The third kappa shape index (κ3) is 3.75. The van der Waals surface area contributed by atoms with Gasteiger partial charge in [-0.1, -0.05) is 6.07 Å². The summed E-state index contributed by atoms with van der Waals surface area (Å²) in [6.45, 7) is 6.15. The van der Waals surface area contributed by atoms with Gasteiger partial charge in [-0.25, -0.2) is 0 Å². The minimum absolute atomic E-state index is 0.00618. The lowest BCUT2D eigenvalue weighted by molar-refractivity contribution is 0.105. The average Bonchev–Trinajstić information content (AvgIpc) is 2.53. The maximum atomic E-state index is 11.5. The van der Waals surface area contributed by atoms with Gasteiger partial charge in [0.2, 0.25) is 0 Å². The number of thiophene rings is 1. The smallest absolute Gasteiger partial charge is 0.197 e. The van der Waals surface area contributed by atoms with Crippen molar-refractivity contribution in [3.05, 3.63) is 34.7 Å². The maximum absolute atomic E-state index is 11.5. The number of nitrogens with one attached hydrogen (secondary N) is 1. The Morgan fingerprint density at radius 3 is 2.71 bits per heavy atom. The molecule has 0 atom stereocenters. The minimum atomic E-state index is 0.00618. The van der Waals surface area contributed by atoms with Gasteiger partial charge < -0.3 is 5.32 Å². The van der Waals surface area contributed by atoms with Crippen LogP contribution in [-0.2, 0) is 0 Å². The van der Waals surface area contributed by atoms with Crippen LogP contribution in [0.25, 0.3) is 0 Å². The first-order valence-corrected chi connectivity index (χ1v) is 5.39. The number of carbonyl (C=O) groups is 1. The first-order chi connectivity index (χ1) is 6.49. The quantitative estimate of drug-likeness (QED) is 0.612. The average molecular weight is 209 g/mol. The van der Waals surface area contributed by atoms with Crippen molar-refractivity contribution >= 4 is 17.1 Å². The summed E-state index contributed by atoms with van der Waals surface area (Å²) in [6.07, 6.45) is 3.28. The van der Waals surface area contributed by atoms with Gasteiger partial charge in [-0.05, 0) is 32.2 Å². The zero-order valence-electron chi connectivity index (χ0n) is 8.70. The van der Waals surface area contributed by atoms with E-state index in [-0.39, 0.29) is 11.3 Å². The molecule has 1 aromatic rings. The monoisotopic (exact) mass is 209 g/mol. The Morgan fingerprint density at radius 2 is 2.21 bits per heavy atom. The molecule has 14 heavy (non-hydrogen) atoms. The normalized spacial score (nSPS) is 11.9. The van der Waals surface area contributed by atoms with Crippen molar-refractivity contribution in [2.75, 3.05) is 0 Å². The standard InChI is InChI=1S/C11H15NOS/c1-11(2,3)12-7-6-9(13)10-5-4-8-14-10/h4-8,12H,1-3H3. The topological polar surface area (TPSA) is 29.1 Å². The van der Waals surface area contributed by atoms with E-state index in [0.29, 0.717) is 0 Å². The van der Waals surface area contributed by atoms with E-state index in [4.69, 9.17) is 0 Å². The number of hydrogen-bond donors (Lipinski definition) is 1. The number of allylic oxidation sites excluding steroid dienone is 1. The number of ketones is 1. The second kappa shape index (κ2) is 4.42. The summed E-state index contributed by atoms with van der Waals surface area (Å²) in [4.78, 5) is 12.3. The van der Waals surface area contributed by atoms with Crippen molar-refractivity contribution in [3.8, 4) is 0 Å². The van der Waals surface area contributed by atoms with Crippen LogP contribution >= 0.6 is 11.3 Å². The van der Waals surface area contributed by atoms with Crippen LogP contribution in [-0.4, -0.2) is 11.3 Å². The molecule has 1 rings (SSSR count). The van der Waals surface area contributed by atoms with Crippen LogP contribution in [0.5, 0.6) is 0 Å². The van der Waals surface area contributed by atoms with Crippen molar-refractivity contribution in [1.82, 2.24) is 5.32 Å². The molecule has 0 fully saturated rings. The van der Waals surface area contributed by atoms with Crippen LogP contribution in [0.1, 0.15) is 30.4 Å². The molecule has 1 heterocycles. The van der Waals surface area contributed by atoms with E-state index in [2.05, 4.69) is 5.32 Å². The van der Waals surface area contributed by atoms with E-state index in [9.17, 15) is 4.79 Å². The Bertz CT molecular complexity index is 320. The van der Waals surface area contributed by atoms with Crippen LogP contribution in [0.15, 0.2) is 29.8 Å². The largest absolute Gasteiger partial charge is 0.386 e. The highest BCUT2D eigenvalue weighted by Crippen LogP contribution is 2.09. The lowest BCUT2D eigenvalue weighted by Gasteiger charge is -2.18. The highest BCUT2D eigenvalue weighted by atomic mass is 32.1. The molecule has 2 nitrogen and oxygen atoms in total. The molecule has 1 aromatic heterocycles. The number of rotatable bonds is 3. The second-order valence-corrected chi connectivity index (χ2v) is 5.02. The van der Waals surface area contributed by atoms with Crippen molar-refractivity contribution in [2.45, 2.75) is 26.3 Å². The Kier molecular flexibility index (Phi) is 3.47. The molecule has 0 amide bonds. The molecule has 0 aromatic carbocycles. The van der Waals surface area contributed by atoms with Crippen LogP contribution < -0.4 is 5.32 Å². The zero-order valence-corrected chi connectivity index (χ0v) is 9.52. The highest BCUT2D eigenvalue weighted by Gasteiger charge is 2.06. The Morgan fingerprint density at radius 1 is 1.50 bits per heavy atom. The molecule has 0 aliphatic rings. The molecule has 0 unspecified atom stereocenters. The summed E-state index contributed by atoms with van der Waals surface area (Å²) in [5.74, 6) is 0.0525. The van der Waals surface area contributed by atoms with E-state index < -0.39 is 0 Å². The van der Waals surface area contributed by atoms with Gasteiger partial charge in [0.25, 0.3) is 0 Å². The van der Waals surface area contributed by atoms with Gasteiger partial charge >= 0.3 is 0 Å². The fourth-order valence-electron chi connectivity index (χ4n) is 0.868. The molecule has 0 radical (unpaired) electrons. The number of carbonyl (C=O) groups excluding carboxylic acids is 1. The Labute approximate surface area is 88.6 Å². The fraction of sp³-hybridized carbons (Fsp3) is 0.364. The molecular weight excluding hydrogens is 194 g/mol. The van der Waals surface area contributed by atoms with Gasteiger partial charge in [0.05, 0.1) is 4.88 Å². The molecule has 0 saturated carbocycles. The fourth-order valence-corrected chi connectivity index (χ4v) is 1.51. The van der Waals surface area contributed by atoms with Crippen molar-refractivity contribution < 1.29 is 4.79 Å². The van der Waals surface area contributed by atoms with Gasteiger partial charge in [0.15, 0.2) is 5.78 Å². The SMILES string of the molecule is CC(C)(C)NC=CC(=O)c1cccs1. The summed E-state index contributed by atoms with van der Waals surface area (Å²) < 4.78 is 0. The van der Waals surface area contributed by atoms with Crippen molar-refractivity contribution in [1.29, 1.82) is 0 Å². The zero-order chi connectivity index (χ0) is 10.6. The molecule has 0 aliphatic carbocycles. The summed E-state index contributed by atoms with van der Waals surface area (Å²) in [7, 11) is 0.